The molecule has 0 atom stereocenters. The van der Waals surface area contributed by atoms with Gasteiger partial charge in [0, 0.05) is 23.2 Å². The fourth-order valence-corrected chi connectivity index (χ4v) is 2.64. The van der Waals surface area contributed by atoms with Crippen LogP contribution in [0.2, 0.25) is 0 Å². The van der Waals surface area contributed by atoms with E-state index >= 15 is 0 Å². The number of amides is 1. The molecule has 0 saturated heterocycles. The highest BCUT2D eigenvalue weighted by atomic mass is 16.5. The van der Waals surface area contributed by atoms with Crippen LogP contribution >= 0.6 is 0 Å². The van der Waals surface area contributed by atoms with Crippen molar-refractivity contribution in [3.63, 3.8) is 0 Å². The number of hydrogen-bond donors (Lipinski definition) is 2. The molecule has 3 aromatic rings. The number of fused-ring (bicyclic) bond motifs is 1. The number of anilines is 1. The van der Waals surface area contributed by atoms with Gasteiger partial charge in [0.25, 0.3) is 5.91 Å². The third kappa shape index (κ3) is 3.08. The zero-order valence-electron chi connectivity index (χ0n) is 14.5. The van der Waals surface area contributed by atoms with E-state index < -0.39 is 0 Å². The highest BCUT2D eigenvalue weighted by Gasteiger charge is 2.18. The van der Waals surface area contributed by atoms with E-state index in [1.165, 1.54) is 21.3 Å². The maximum atomic E-state index is 12.6. The number of nitrogens with one attached hydrogen (secondary N) is 2. The van der Waals surface area contributed by atoms with Gasteiger partial charge in [0.2, 0.25) is 5.75 Å². The summed E-state index contributed by atoms with van der Waals surface area (Å²) >= 11 is 0. The number of rotatable bonds is 5. The van der Waals surface area contributed by atoms with Gasteiger partial charge < -0.3 is 19.5 Å². The Balaban J connectivity index is 1.96. The summed E-state index contributed by atoms with van der Waals surface area (Å²) in [5.41, 5.74) is 2.70. The molecule has 0 bridgehead atoms. The zero-order valence-corrected chi connectivity index (χ0v) is 14.5. The Labute approximate surface area is 144 Å². The minimum absolute atomic E-state index is 0.326. The number of aromatic amines is 1. The first-order valence-corrected chi connectivity index (χ1v) is 7.63. The lowest BCUT2D eigenvalue weighted by molar-refractivity contribution is 0.102. The summed E-state index contributed by atoms with van der Waals surface area (Å²) in [5, 5.41) is 10.6. The van der Waals surface area contributed by atoms with Gasteiger partial charge in [-0.1, -0.05) is 11.6 Å². The molecule has 7 heteroatoms. The predicted octanol–water partition coefficient (Wildman–Crippen LogP) is 3.15. The van der Waals surface area contributed by atoms with Gasteiger partial charge in [-0.15, -0.1) is 0 Å². The van der Waals surface area contributed by atoms with Crippen LogP contribution < -0.4 is 19.5 Å². The smallest absolute Gasteiger partial charge is 0.276 e. The van der Waals surface area contributed by atoms with E-state index in [1.54, 1.807) is 12.1 Å². The molecule has 0 aliphatic carbocycles. The molecular weight excluding hydrogens is 322 g/mol. The number of methoxy groups -OCH3 is 3. The van der Waals surface area contributed by atoms with Crippen molar-refractivity contribution in [2.75, 3.05) is 26.6 Å². The molecule has 130 valence electrons. The number of carbonyl (C=O) groups is 1. The lowest BCUT2D eigenvalue weighted by atomic mass is 10.1. The Kier molecular flexibility index (Phi) is 4.47. The highest BCUT2D eigenvalue weighted by Crippen LogP contribution is 2.40. The maximum Gasteiger partial charge on any atom is 0.276 e. The molecule has 7 nitrogen and oxygen atoms in total. The zero-order chi connectivity index (χ0) is 18.0. The van der Waals surface area contributed by atoms with Gasteiger partial charge in [-0.3, -0.25) is 9.89 Å². The quantitative estimate of drug-likeness (QED) is 0.744. The molecule has 0 aliphatic heterocycles. The van der Waals surface area contributed by atoms with Crippen molar-refractivity contribution < 1.29 is 19.0 Å². The van der Waals surface area contributed by atoms with Crippen molar-refractivity contribution in [3.05, 3.63) is 41.6 Å². The molecule has 25 heavy (non-hydrogen) atoms. The summed E-state index contributed by atoms with van der Waals surface area (Å²) in [6.07, 6.45) is 0. The molecule has 1 amide bonds. The third-order valence-electron chi connectivity index (χ3n) is 3.86. The number of benzene rings is 2. The summed E-state index contributed by atoms with van der Waals surface area (Å²) in [4.78, 5) is 12.6. The van der Waals surface area contributed by atoms with Gasteiger partial charge in [-0.2, -0.15) is 5.10 Å². The van der Waals surface area contributed by atoms with Gasteiger partial charge >= 0.3 is 0 Å². The first kappa shape index (κ1) is 16.6. The number of aryl methyl sites for hydroxylation is 1. The fraction of sp³-hybridized carbons (Fsp3) is 0.222. The van der Waals surface area contributed by atoms with E-state index in [0.717, 1.165) is 16.5 Å². The van der Waals surface area contributed by atoms with Crippen LogP contribution in [0.3, 0.4) is 0 Å². The summed E-state index contributed by atoms with van der Waals surface area (Å²) in [7, 11) is 4.57. The minimum atomic E-state index is -0.328. The van der Waals surface area contributed by atoms with E-state index in [-0.39, 0.29) is 5.91 Å². The molecule has 0 unspecified atom stereocenters. The average Bonchev–Trinajstić information content (AvgIpc) is 3.03. The number of nitrogens with zero attached hydrogens (tertiary/aromatic N) is 1. The van der Waals surface area contributed by atoms with Crippen LogP contribution in [0.25, 0.3) is 10.9 Å². The predicted molar refractivity (Wildman–Crippen MR) is 94.9 cm³/mol. The van der Waals surface area contributed by atoms with Gasteiger partial charge in [0.15, 0.2) is 17.2 Å². The number of aromatic nitrogens is 2. The van der Waals surface area contributed by atoms with Crippen LogP contribution in [0.15, 0.2) is 30.3 Å². The Morgan fingerprint density at radius 1 is 1.04 bits per heavy atom. The molecule has 3 rings (SSSR count). The monoisotopic (exact) mass is 341 g/mol. The second kappa shape index (κ2) is 6.72. The van der Waals surface area contributed by atoms with Crippen molar-refractivity contribution in [1.29, 1.82) is 0 Å². The first-order chi connectivity index (χ1) is 12.1. The van der Waals surface area contributed by atoms with Gasteiger partial charge in [-0.25, -0.2) is 0 Å². The van der Waals surface area contributed by atoms with E-state index in [2.05, 4.69) is 15.5 Å². The fourth-order valence-electron chi connectivity index (χ4n) is 2.64. The SMILES string of the molecule is COc1cc(NC(=O)c2n[nH]c3ccc(C)cc23)cc(OC)c1OC. The molecule has 1 heterocycles. The summed E-state index contributed by atoms with van der Waals surface area (Å²) < 4.78 is 15.9. The Bertz CT molecular complexity index is 908. The molecular formula is C18H19N3O4. The number of H-pyrrole nitrogens is 1. The van der Waals surface area contributed by atoms with Crippen molar-refractivity contribution >= 4 is 22.5 Å². The molecule has 0 radical (unpaired) electrons. The normalized spacial score (nSPS) is 10.6. The topological polar surface area (TPSA) is 85.5 Å². The molecule has 2 aromatic carbocycles. The van der Waals surface area contributed by atoms with Crippen LogP contribution in [0.1, 0.15) is 16.1 Å². The van der Waals surface area contributed by atoms with Crippen molar-refractivity contribution in [2.24, 2.45) is 0 Å². The first-order valence-electron chi connectivity index (χ1n) is 7.63. The second-order valence-electron chi connectivity index (χ2n) is 5.49. The standard InChI is InChI=1S/C18H19N3O4/c1-10-5-6-13-12(7-10)16(21-20-13)18(22)19-11-8-14(23-2)17(25-4)15(9-11)24-3/h5-9H,1-4H3,(H,19,22)(H,20,21). The third-order valence-corrected chi connectivity index (χ3v) is 3.86. The lowest BCUT2D eigenvalue weighted by Crippen LogP contribution is -2.13. The van der Waals surface area contributed by atoms with Crippen LogP contribution in [0.5, 0.6) is 17.2 Å². The Morgan fingerprint density at radius 3 is 2.32 bits per heavy atom. The van der Waals surface area contributed by atoms with Crippen LogP contribution in [0.4, 0.5) is 5.69 Å². The summed E-state index contributed by atoms with van der Waals surface area (Å²) in [6, 6.07) is 9.11. The molecule has 0 saturated carbocycles. The van der Waals surface area contributed by atoms with Gasteiger partial charge in [0.1, 0.15) is 0 Å². The molecule has 0 aliphatic rings. The van der Waals surface area contributed by atoms with Crippen LogP contribution in [0, 0.1) is 6.92 Å². The molecule has 0 fully saturated rings. The van der Waals surface area contributed by atoms with Crippen molar-refractivity contribution in [3.8, 4) is 17.2 Å². The van der Waals surface area contributed by atoms with Gasteiger partial charge in [0.05, 0.1) is 26.8 Å². The van der Waals surface area contributed by atoms with Crippen LogP contribution in [-0.4, -0.2) is 37.4 Å². The average molecular weight is 341 g/mol. The highest BCUT2D eigenvalue weighted by molar-refractivity contribution is 6.11. The van der Waals surface area contributed by atoms with E-state index in [1.807, 2.05) is 25.1 Å². The van der Waals surface area contributed by atoms with Gasteiger partial charge in [-0.05, 0) is 19.1 Å². The van der Waals surface area contributed by atoms with Crippen molar-refractivity contribution in [2.45, 2.75) is 6.92 Å². The Hall–Kier alpha value is -3.22. The largest absolute Gasteiger partial charge is 0.493 e. The second-order valence-corrected chi connectivity index (χ2v) is 5.49. The summed E-state index contributed by atoms with van der Waals surface area (Å²) in [5.74, 6) is 1.05. The van der Waals surface area contributed by atoms with Crippen LogP contribution in [-0.2, 0) is 0 Å². The maximum absolute atomic E-state index is 12.6. The lowest BCUT2D eigenvalue weighted by Gasteiger charge is -2.14. The van der Waals surface area contributed by atoms with E-state index in [0.29, 0.717) is 28.6 Å². The number of hydrogen-bond acceptors (Lipinski definition) is 5. The van der Waals surface area contributed by atoms with E-state index in [9.17, 15) is 4.79 Å². The number of carbonyl (C=O) groups excluding carboxylic acids is 1. The molecule has 0 spiro atoms. The Morgan fingerprint density at radius 2 is 1.72 bits per heavy atom. The number of ether oxygens (including phenoxy) is 3. The molecule has 2 N–H and O–H groups in total. The minimum Gasteiger partial charge on any atom is -0.493 e. The van der Waals surface area contributed by atoms with Crippen molar-refractivity contribution in [1.82, 2.24) is 10.2 Å². The molecule has 1 aromatic heterocycles. The van der Waals surface area contributed by atoms with E-state index in [4.69, 9.17) is 14.2 Å². The summed E-state index contributed by atoms with van der Waals surface area (Å²) in [6.45, 7) is 1.97.